The first kappa shape index (κ1) is 47.6. The number of cyclic esters (lactones) is 1. The van der Waals surface area contributed by atoms with Crippen molar-refractivity contribution in [3.05, 3.63) is 36.0 Å². The van der Waals surface area contributed by atoms with Gasteiger partial charge in [0.05, 0.1) is 12.5 Å². The van der Waals surface area contributed by atoms with Crippen molar-refractivity contribution in [1.29, 1.82) is 0 Å². The van der Waals surface area contributed by atoms with E-state index in [-0.39, 0.29) is 34.8 Å². The van der Waals surface area contributed by atoms with Gasteiger partial charge in [-0.05, 0) is 93.9 Å². The maximum Gasteiger partial charge on any atom is 0.410 e. The van der Waals surface area contributed by atoms with E-state index in [1.54, 1.807) is 17.9 Å². The SMILES string of the molecule is C/C(=C\C=C\CCO[Si](C)(C)C(C)(C)C)[C@H]1OC(=O)C[C@H](O[Si](C)(C)C(C)(C)C)CC[C@@](C)(O)[C@@H](OC(=O)N2CCN(C3CCCCCC3)CC2)/C=C/[C@@H]1C. The first-order chi connectivity index (χ1) is 25.4. The molecule has 5 atom stereocenters. The van der Waals surface area contributed by atoms with Gasteiger partial charge in [0.15, 0.2) is 22.7 Å². The summed E-state index contributed by atoms with van der Waals surface area (Å²) >= 11 is 0. The Balaban J connectivity index is 1.82. The summed E-state index contributed by atoms with van der Waals surface area (Å²) in [7, 11) is -4.09. The van der Waals surface area contributed by atoms with Crippen molar-refractivity contribution in [2.24, 2.45) is 5.92 Å². The van der Waals surface area contributed by atoms with Crippen LogP contribution in [0.2, 0.25) is 36.3 Å². The number of ether oxygens (including phenoxy) is 2. The largest absolute Gasteiger partial charge is 0.457 e. The number of piperazine rings is 1. The Kier molecular flexibility index (Phi) is 17.6. The standard InChI is InChI=1S/C44H80N2O7Si2/c1-34(21-17-16-20-32-50-54(10,11)42(3,4)5)40-35(2)24-25-38(51-41(48)46-30-28-45(29-31-46)36-22-18-14-15-19-23-36)44(9,49)27-26-37(33-39(47)52-40)53-55(12,13)43(6,7)8/h16-17,21,24-25,35-38,40,49H,14-15,18-20,22-23,26-33H2,1-13H3/b17-16+,25-24+,34-21+/t35-,37+,38-,40+,44+/m0/s1. The molecule has 55 heavy (non-hydrogen) atoms. The van der Waals surface area contributed by atoms with Crippen LogP contribution in [-0.2, 0) is 23.1 Å². The van der Waals surface area contributed by atoms with Gasteiger partial charge < -0.3 is 28.3 Å². The molecule has 0 bridgehead atoms. The highest BCUT2D eigenvalue weighted by Crippen LogP contribution is 2.39. The summed E-state index contributed by atoms with van der Waals surface area (Å²) in [5.74, 6) is -0.575. The number of carbonyl (C=O) groups excluding carboxylic acids is 2. The Morgan fingerprint density at radius 3 is 2.13 bits per heavy atom. The molecule has 0 spiro atoms. The molecule has 2 heterocycles. The van der Waals surface area contributed by atoms with Crippen LogP contribution in [0.1, 0.15) is 127 Å². The van der Waals surface area contributed by atoms with Crippen LogP contribution >= 0.6 is 0 Å². The lowest BCUT2D eigenvalue weighted by Gasteiger charge is -2.41. The molecule has 3 aliphatic rings. The summed E-state index contributed by atoms with van der Waals surface area (Å²) in [5, 5.41) is 12.1. The van der Waals surface area contributed by atoms with Crippen molar-refractivity contribution < 1.29 is 33.0 Å². The number of carbonyl (C=O) groups is 2. The van der Waals surface area contributed by atoms with Gasteiger partial charge in [-0.25, -0.2) is 4.79 Å². The highest BCUT2D eigenvalue weighted by Gasteiger charge is 2.42. The van der Waals surface area contributed by atoms with Crippen molar-refractivity contribution in [1.82, 2.24) is 9.80 Å². The zero-order valence-electron chi connectivity index (χ0n) is 37.2. The molecule has 0 aromatic heterocycles. The van der Waals surface area contributed by atoms with Crippen LogP contribution in [0, 0.1) is 5.92 Å². The van der Waals surface area contributed by atoms with Gasteiger partial charge in [0, 0.05) is 44.7 Å². The minimum Gasteiger partial charge on any atom is -0.457 e. The average Bonchev–Trinajstić information content (AvgIpc) is 3.37. The third kappa shape index (κ3) is 14.5. The van der Waals surface area contributed by atoms with Crippen molar-refractivity contribution in [2.45, 2.75) is 193 Å². The molecule has 1 aliphatic carbocycles. The third-order valence-electron chi connectivity index (χ3n) is 13.2. The van der Waals surface area contributed by atoms with Crippen molar-refractivity contribution in [2.75, 3.05) is 32.8 Å². The molecule has 316 valence electrons. The van der Waals surface area contributed by atoms with Crippen LogP contribution in [0.15, 0.2) is 36.0 Å². The topological polar surface area (TPSA) is 97.8 Å². The number of nitrogens with zero attached hydrogens (tertiary/aromatic N) is 2. The van der Waals surface area contributed by atoms with Gasteiger partial charge >= 0.3 is 12.1 Å². The Hall–Kier alpha value is -1.77. The second-order valence-electron chi connectivity index (χ2n) is 20.0. The van der Waals surface area contributed by atoms with Gasteiger partial charge in [-0.15, -0.1) is 0 Å². The quantitative estimate of drug-likeness (QED) is 0.0582. The summed E-state index contributed by atoms with van der Waals surface area (Å²) in [5.41, 5.74) is -0.486. The molecule has 0 aromatic rings. The van der Waals surface area contributed by atoms with Crippen molar-refractivity contribution in [3.8, 4) is 0 Å². The number of esters is 1. The monoisotopic (exact) mass is 805 g/mol. The fourth-order valence-electron chi connectivity index (χ4n) is 7.22. The predicted molar refractivity (Wildman–Crippen MR) is 230 cm³/mol. The van der Waals surface area contributed by atoms with Crippen LogP contribution in [0.3, 0.4) is 0 Å². The van der Waals surface area contributed by atoms with E-state index in [9.17, 15) is 14.7 Å². The highest BCUT2D eigenvalue weighted by molar-refractivity contribution is 6.74. The zero-order chi connectivity index (χ0) is 41.2. The third-order valence-corrected chi connectivity index (χ3v) is 22.3. The molecule has 3 rings (SSSR count). The first-order valence-corrected chi connectivity index (χ1v) is 27.2. The fraction of sp³-hybridized carbons (Fsp3) is 0.818. The molecule has 0 radical (unpaired) electrons. The summed E-state index contributed by atoms with van der Waals surface area (Å²) in [6.45, 7) is 31.5. The van der Waals surface area contributed by atoms with Crippen molar-refractivity contribution >= 4 is 28.7 Å². The maximum absolute atomic E-state index is 13.8. The Bertz CT molecular complexity index is 1310. The number of hydrogen-bond donors (Lipinski definition) is 1. The highest BCUT2D eigenvalue weighted by atomic mass is 28.4. The number of amides is 1. The van der Waals surface area contributed by atoms with Crippen molar-refractivity contribution in [3.63, 3.8) is 0 Å². The van der Waals surface area contributed by atoms with E-state index in [1.807, 2.05) is 32.1 Å². The Morgan fingerprint density at radius 2 is 1.55 bits per heavy atom. The number of allylic oxidation sites excluding steroid dienone is 2. The predicted octanol–water partition coefficient (Wildman–Crippen LogP) is 10.2. The van der Waals surface area contributed by atoms with Gasteiger partial charge in [0.2, 0.25) is 0 Å². The van der Waals surface area contributed by atoms with Gasteiger partial charge in [-0.1, -0.05) is 98.5 Å². The lowest BCUT2D eigenvalue weighted by molar-refractivity contribution is -0.151. The number of aliphatic hydroxyl groups is 1. The smallest absolute Gasteiger partial charge is 0.410 e. The average molecular weight is 805 g/mol. The summed E-state index contributed by atoms with van der Waals surface area (Å²) in [6, 6.07) is 0.607. The molecule has 1 saturated carbocycles. The van der Waals surface area contributed by atoms with Crippen LogP contribution in [0.5, 0.6) is 0 Å². The molecule has 0 unspecified atom stereocenters. The van der Waals surface area contributed by atoms with Gasteiger partial charge in [0.1, 0.15) is 11.7 Å². The zero-order valence-corrected chi connectivity index (χ0v) is 39.2. The molecular formula is C44H80N2O7Si2. The normalized spacial score (nSPS) is 28.9. The molecule has 0 aromatic carbocycles. The van der Waals surface area contributed by atoms with E-state index < -0.39 is 46.6 Å². The van der Waals surface area contributed by atoms with Crippen LogP contribution in [0.4, 0.5) is 4.79 Å². The minimum atomic E-state index is -2.28. The Morgan fingerprint density at radius 1 is 0.945 bits per heavy atom. The molecular weight excluding hydrogens is 725 g/mol. The lowest BCUT2D eigenvalue weighted by atomic mass is 9.89. The van der Waals surface area contributed by atoms with E-state index in [1.165, 1.54) is 38.5 Å². The van der Waals surface area contributed by atoms with Crippen LogP contribution in [0.25, 0.3) is 0 Å². The van der Waals surface area contributed by atoms with E-state index >= 15 is 0 Å². The second kappa shape index (κ2) is 20.3. The van der Waals surface area contributed by atoms with Crippen LogP contribution < -0.4 is 0 Å². The van der Waals surface area contributed by atoms with E-state index in [2.05, 4.69) is 78.7 Å². The number of rotatable bonds is 10. The van der Waals surface area contributed by atoms with Crippen LogP contribution in [-0.4, -0.2) is 106 Å². The number of hydrogen-bond acceptors (Lipinski definition) is 8. The molecule has 2 aliphatic heterocycles. The van der Waals surface area contributed by atoms with Gasteiger partial charge in [0.25, 0.3) is 0 Å². The Labute approximate surface area is 337 Å². The van der Waals surface area contributed by atoms with Gasteiger partial charge in [-0.2, -0.15) is 0 Å². The summed E-state index contributed by atoms with van der Waals surface area (Å²) in [6.07, 6.45) is 16.8. The first-order valence-electron chi connectivity index (χ1n) is 21.4. The maximum atomic E-state index is 13.8. The van der Waals surface area contributed by atoms with Gasteiger partial charge in [-0.3, -0.25) is 9.69 Å². The van der Waals surface area contributed by atoms with E-state index in [4.69, 9.17) is 18.3 Å². The summed E-state index contributed by atoms with van der Waals surface area (Å²) in [4.78, 5) is 31.8. The fourth-order valence-corrected chi connectivity index (χ4v) is 9.67. The minimum absolute atomic E-state index is 0.0669. The second-order valence-corrected chi connectivity index (χ2v) is 29.5. The molecule has 1 saturated heterocycles. The molecule has 9 nitrogen and oxygen atoms in total. The lowest BCUT2D eigenvalue weighted by Crippen LogP contribution is -2.53. The van der Waals surface area contributed by atoms with E-state index in [0.717, 1.165) is 25.1 Å². The molecule has 11 heteroatoms. The molecule has 2 fully saturated rings. The molecule has 1 amide bonds. The molecule has 1 N–H and O–H groups in total. The van der Waals surface area contributed by atoms with E-state index in [0.29, 0.717) is 32.2 Å². The summed E-state index contributed by atoms with van der Waals surface area (Å²) < 4.78 is 25.6.